The molecule has 0 heterocycles. The maximum absolute atomic E-state index is 9.11. The Morgan fingerprint density at radius 3 is 1.93 bits per heavy atom. The zero-order chi connectivity index (χ0) is 11.5. The molecule has 1 heteroatoms. The van der Waals surface area contributed by atoms with Crippen LogP contribution in [0.2, 0.25) is 0 Å². The predicted octanol–water partition coefficient (Wildman–Crippen LogP) is 4.53. The lowest BCUT2D eigenvalue weighted by molar-refractivity contribution is 0.180. The normalized spacial score (nSPS) is 15.2. The van der Waals surface area contributed by atoms with Crippen LogP contribution in [0.5, 0.6) is 0 Å². The molecule has 0 bridgehead atoms. The monoisotopic (exact) mass is 214 g/mol. The zero-order valence-electron chi connectivity index (χ0n) is 11.0. The Morgan fingerprint density at radius 1 is 0.867 bits per heavy atom. The Kier molecular flexibility index (Phi) is 10.4. The summed E-state index contributed by atoms with van der Waals surface area (Å²) < 4.78 is 0. The largest absolute Gasteiger partial charge is 0.393 e. The molecule has 0 aromatic rings. The molecule has 0 saturated heterocycles. The maximum Gasteiger partial charge on any atom is 0.0512 e. The second kappa shape index (κ2) is 10.5. The molecule has 0 aromatic carbocycles. The molecule has 92 valence electrons. The first-order valence-corrected chi connectivity index (χ1v) is 6.88. The lowest BCUT2D eigenvalue weighted by Gasteiger charge is -2.13. The smallest absolute Gasteiger partial charge is 0.0512 e. The topological polar surface area (TPSA) is 20.2 Å². The molecule has 2 unspecified atom stereocenters. The summed E-state index contributed by atoms with van der Waals surface area (Å²) in [5, 5.41) is 9.11. The SMILES string of the molecule is CCCC(CC)CCCCCCC(C)O. The van der Waals surface area contributed by atoms with E-state index in [9.17, 15) is 0 Å². The van der Waals surface area contributed by atoms with Crippen LogP contribution in [0.25, 0.3) is 0 Å². The number of aliphatic hydroxyl groups excluding tert-OH is 1. The van der Waals surface area contributed by atoms with E-state index in [1.54, 1.807) is 0 Å². The van der Waals surface area contributed by atoms with Crippen molar-refractivity contribution in [3.05, 3.63) is 0 Å². The van der Waals surface area contributed by atoms with Crippen LogP contribution < -0.4 is 0 Å². The van der Waals surface area contributed by atoms with Crippen molar-refractivity contribution >= 4 is 0 Å². The molecule has 0 spiro atoms. The van der Waals surface area contributed by atoms with Crippen molar-refractivity contribution in [1.82, 2.24) is 0 Å². The van der Waals surface area contributed by atoms with Crippen LogP contribution in [0, 0.1) is 5.92 Å². The molecular weight excluding hydrogens is 184 g/mol. The van der Waals surface area contributed by atoms with E-state index in [1.807, 2.05) is 6.92 Å². The standard InChI is InChI=1S/C14H30O/c1-4-10-14(5-2)12-9-7-6-8-11-13(3)15/h13-15H,4-12H2,1-3H3. The maximum atomic E-state index is 9.11. The fourth-order valence-corrected chi connectivity index (χ4v) is 2.19. The average molecular weight is 214 g/mol. The van der Waals surface area contributed by atoms with E-state index in [1.165, 1.54) is 51.4 Å². The molecule has 0 fully saturated rings. The lowest BCUT2D eigenvalue weighted by Crippen LogP contribution is -1.99. The summed E-state index contributed by atoms with van der Waals surface area (Å²) in [5.41, 5.74) is 0. The summed E-state index contributed by atoms with van der Waals surface area (Å²) in [6, 6.07) is 0. The van der Waals surface area contributed by atoms with Gasteiger partial charge in [-0.1, -0.05) is 65.2 Å². The molecule has 0 aliphatic rings. The molecule has 0 aliphatic heterocycles. The summed E-state index contributed by atoms with van der Waals surface area (Å²) >= 11 is 0. The third kappa shape index (κ3) is 10.2. The van der Waals surface area contributed by atoms with Gasteiger partial charge in [0.05, 0.1) is 6.10 Å². The fourth-order valence-electron chi connectivity index (χ4n) is 2.19. The average Bonchev–Trinajstić information content (AvgIpc) is 2.21. The van der Waals surface area contributed by atoms with Crippen LogP contribution in [0.1, 0.15) is 78.6 Å². The van der Waals surface area contributed by atoms with E-state index >= 15 is 0 Å². The first-order valence-electron chi connectivity index (χ1n) is 6.88. The van der Waals surface area contributed by atoms with Gasteiger partial charge in [0.15, 0.2) is 0 Å². The highest BCUT2D eigenvalue weighted by molar-refractivity contribution is 4.57. The van der Waals surface area contributed by atoms with Crippen LogP contribution >= 0.6 is 0 Å². The van der Waals surface area contributed by atoms with Crippen molar-refractivity contribution in [2.45, 2.75) is 84.7 Å². The van der Waals surface area contributed by atoms with Crippen LogP contribution in [-0.2, 0) is 0 Å². The molecule has 0 aliphatic carbocycles. The molecule has 1 N–H and O–H groups in total. The van der Waals surface area contributed by atoms with Crippen LogP contribution in [0.3, 0.4) is 0 Å². The van der Waals surface area contributed by atoms with Crippen molar-refractivity contribution < 1.29 is 5.11 Å². The highest BCUT2D eigenvalue weighted by Gasteiger charge is 2.04. The van der Waals surface area contributed by atoms with E-state index in [2.05, 4.69) is 13.8 Å². The Balaban J connectivity index is 3.21. The second-order valence-corrected chi connectivity index (χ2v) is 4.90. The lowest BCUT2D eigenvalue weighted by atomic mass is 9.94. The van der Waals surface area contributed by atoms with Crippen molar-refractivity contribution in [3.63, 3.8) is 0 Å². The molecule has 0 aromatic heterocycles. The Labute approximate surface area is 96.3 Å². The van der Waals surface area contributed by atoms with Gasteiger partial charge in [0.2, 0.25) is 0 Å². The first-order chi connectivity index (χ1) is 7.20. The van der Waals surface area contributed by atoms with E-state index in [4.69, 9.17) is 5.11 Å². The predicted molar refractivity (Wildman–Crippen MR) is 68.1 cm³/mol. The summed E-state index contributed by atoms with van der Waals surface area (Å²) in [6.07, 6.45) is 11.6. The third-order valence-corrected chi connectivity index (χ3v) is 3.26. The zero-order valence-corrected chi connectivity index (χ0v) is 11.0. The highest BCUT2D eigenvalue weighted by atomic mass is 16.3. The van der Waals surface area contributed by atoms with Gasteiger partial charge in [-0.05, 0) is 19.3 Å². The van der Waals surface area contributed by atoms with Gasteiger partial charge in [0.25, 0.3) is 0 Å². The molecular formula is C14H30O. The Bertz CT molecular complexity index is 121. The van der Waals surface area contributed by atoms with E-state index in [0.29, 0.717) is 0 Å². The van der Waals surface area contributed by atoms with Gasteiger partial charge < -0.3 is 5.11 Å². The molecule has 1 nitrogen and oxygen atoms in total. The van der Waals surface area contributed by atoms with Gasteiger partial charge in [-0.25, -0.2) is 0 Å². The number of hydrogen-bond donors (Lipinski definition) is 1. The van der Waals surface area contributed by atoms with Gasteiger partial charge in [0, 0.05) is 0 Å². The molecule has 0 rings (SSSR count). The number of aliphatic hydroxyl groups is 1. The van der Waals surface area contributed by atoms with Gasteiger partial charge in [-0.3, -0.25) is 0 Å². The molecule has 0 saturated carbocycles. The fraction of sp³-hybridized carbons (Fsp3) is 1.00. The van der Waals surface area contributed by atoms with E-state index in [-0.39, 0.29) is 6.10 Å². The van der Waals surface area contributed by atoms with Crippen LogP contribution in [-0.4, -0.2) is 11.2 Å². The van der Waals surface area contributed by atoms with Crippen molar-refractivity contribution in [2.75, 3.05) is 0 Å². The summed E-state index contributed by atoms with van der Waals surface area (Å²) in [6.45, 7) is 6.48. The first kappa shape index (κ1) is 15.0. The number of unbranched alkanes of at least 4 members (excludes halogenated alkanes) is 3. The summed E-state index contributed by atoms with van der Waals surface area (Å²) in [7, 11) is 0. The van der Waals surface area contributed by atoms with Crippen molar-refractivity contribution in [3.8, 4) is 0 Å². The number of hydrogen-bond acceptors (Lipinski definition) is 1. The van der Waals surface area contributed by atoms with Crippen LogP contribution in [0.4, 0.5) is 0 Å². The highest BCUT2D eigenvalue weighted by Crippen LogP contribution is 2.19. The Morgan fingerprint density at radius 2 is 1.47 bits per heavy atom. The Hall–Kier alpha value is -0.0400. The molecule has 0 amide bonds. The second-order valence-electron chi connectivity index (χ2n) is 4.90. The van der Waals surface area contributed by atoms with Gasteiger partial charge in [-0.15, -0.1) is 0 Å². The third-order valence-electron chi connectivity index (χ3n) is 3.26. The minimum atomic E-state index is -0.103. The molecule has 2 atom stereocenters. The van der Waals surface area contributed by atoms with Crippen molar-refractivity contribution in [2.24, 2.45) is 5.92 Å². The van der Waals surface area contributed by atoms with Crippen LogP contribution in [0.15, 0.2) is 0 Å². The number of rotatable bonds is 10. The minimum Gasteiger partial charge on any atom is -0.393 e. The van der Waals surface area contributed by atoms with Gasteiger partial charge in [-0.2, -0.15) is 0 Å². The van der Waals surface area contributed by atoms with E-state index in [0.717, 1.165) is 12.3 Å². The summed E-state index contributed by atoms with van der Waals surface area (Å²) in [4.78, 5) is 0. The molecule has 0 radical (unpaired) electrons. The van der Waals surface area contributed by atoms with Gasteiger partial charge in [0.1, 0.15) is 0 Å². The van der Waals surface area contributed by atoms with Gasteiger partial charge >= 0.3 is 0 Å². The molecule has 15 heavy (non-hydrogen) atoms. The summed E-state index contributed by atoms with van der Waals surface area (Å²) in [5.74, 6) is 0.965. The quantitative estimate of drug-likeness (QED) is 0.530. The van der Waals surface area contributed by atoms with Crippen molar-refractivity contribution in [1.29, 1.82) is 0 Å². The minimum absolute atomic E-state index is 0.103. The van der Waals surface area contributed by atoms with E-state index < -0.39 is 0 Å².